The summed E-state index contributed by atoms with van der Waals surface area (Å²) in [5.41, 5.74) is 16.4. The van der Waals surface area contributed by atoms with Crippen LogP contribution in [0.1, 0.15) is 25.3 Å². The number of aromatic nitrogens is 8. The molecule has 6 heterocycles. The van der Waals surface area contributed by atoms with E-state index >= 15 is 0 Å². The van der Waals surface area contributed by atoms with E-state index in [1.54, 1.807) is 4.57 Å². The molecule has 0 spiro atoms. The summed E-state index contributed by atoms with van der Waals surface area (Å²) >= 11 is 0. The molecule has 39 heavy (non-hydrogen) atoms. The molecule has 2 aliphatic rings. The van der Waals surface area contributed by atoms with Gasteiger partial charge in [0.1, 0.15) is 24.5 Å². The van der Waals surface area contributed by atoms with Gasteiger partial charge in [0.05, 0.1) is 25.6 Å². The van der Waals surface area contributed by atoms with Crippen LogP contribution in [0, 0.1) is 0 Å². The number of nitrogens with one attached hydrogen (secondary N) is 2. The van der Waals surface area contributed by atoms with Crippen LogP contribution in [0.5, 0.6) is 0 Å². The molecule has 4 aromatic rings. The number of nitrogen functional groups attached to an aromatic ring is 3. The van der Waals surface area contributed by atoms with Gasteiger partial charge in [0.2, 0.25) is 17.8 Å². The smallest absolute Gasteiger partial charge is 0.280 e. The second-order valence-electron chi connectivity index (χ2n) is 8.94. The Morgan fingerprint density at radius 1 is 0.897 bits per heavy atom. The Labute approximate surface area is 216 Å². The van der Waals surface area contributed by atoms with E-state index < -0.39 is 36.7 Å². The van der Waals surface area contributed by atoms with E-state index in [1.807, 2.05) is 0 Å². The summed E-state index contributed by atoms with van der Waals surface area (Å²) < 4.78 is 13.8. The first-order chi connectivity index (χ1) is 18.6. The fraction of sp³-hybridized carbons (Fsp3) is 0.500. The zero-order valence-electron chi connectivity index (χ0n) is 20.2. The van der Waals surface area contributed by atoms with Crippen molar-refractivity contribution >= 4 is 40.2 Å². The molecule has 19 nitrogen and oxygen atoms in total. The molecular weight excluding hydrogens is 522 g/mol. The van der Waals surface area contributed by atoms with Gasteiger partial charge in [-0.2, -0.15) is 9.97 Å². The molecule has 6 atom stereocenters. The lowest BCUT2D eigenvalue weighted by atomic mass is 10.1. The quantitative estimate of drug-likeness (QED) is 0.118. The summed E-state index contributed by atoms with van der Waals surface area (Å²) in [6, 6.07) is 0. The van der Waals surface area contributed by atoms with Crippen molar-refractivity contribution in [3.05, 3.63) is 27.0 Å². The van der Waals surface area contributed by atoms with Crippen molar-refractivity contribution in [2.45, 2.75) is 49.7 Å². The average molecular weight is 550 g/mol. The van der Waals surface area contributed by atoms with E-state index in [2.05, 4.69) is 29.9 Å². The van der Waals surface area contributed by atoms with E-state index in [0.717, 1.165) is 17.4 Å². The number of anilines is 3. The van der Waals surface area contributed by atoms with Crippen LogP contribution in [-0.2, 0) is 9.47 Å². The highest BCUT2D eigenvalue weighted by atomic mass is 16.6. The van der Waals surface area contributed by atoms with Gasteiger partial charge < -0.3 is 47.1 Å². The van der Waals surface area contributed by atoms with Gasteiger partial charge in [0, 0.05) is 0 Å². The number of aliphatic hydroxyl groups excluding tert-OH is 4. The monoisotopic (exact) mass is 549 g/mol. The third kappa shape index (κ3) is 4.66. The molecular formula is C20H27N11O8. The third-order valence-corrected chi connectivity index (χ3v) is 6.42. The van der Waals surface area contributed by atoms with Crippen molar-refractivity contribution in [1.29, 1.82) is 0 Å². The number of imidazole rings is 2. The van der Waals surface area contributed by atoms with Crippen molar-refractivity contribution in [2.24, 2.45) is 0 Å². The van der Waals surface area contributed by atoms with Crippen molar-refractivity contribution in [1.82, 2.24) is 39.0 Å². The molecule has 0 amide bonds. The molecule has 2 saturated heterocycles. The van der Waals surface area contributed by atoms with Crippen LogP contribution >= 0.6 is 0 Å². The Morgan fingerprint density at radius 3 is 2.18 bits per heavy atom. The number of H-pyrrole nitrogens is 2. The molecule has 0 aliphatic carbocycles. The van der Waals surface area contributed by atoms with Gasteiger partial charge in [-0.25, -0.2) is 9.97 Å². The summed E-state index contributed by atoms with van der Waals surface area (Å²) in [7, 11) is 0. The van der Waals surface area contributed by atoms with Crippen LogP contribution in [0.2, 0.25) is 0 Å². The first-order valence-electron chi connectivity index (χ1n) is 11.8. The second kappa shape index (κ2) is 10.2. The van der Waals surface area contributed by atoms with Crippen LogP contribution < -0.4 is 28.3 Å². The highest BCUT2D eigenvalue weighted by Gasteiger charge is 2.44. The molecule has 19 heteroatoms. The predicted octanol–water partition coefficient (Wildman–Crippen LogP) is -3.73. The molecule has 4 aromatic heterocycles. The van der Waals surface area contributed by atoms with E-state index in [0.29, 0.717) is 5.65 Å². The van der Waals surface area contributed by atoms with E-state index in [4.69, 9.17) is 36.9 Å². The van der Waals surface area contributed by atoms with Gasteiger partial charge in [-0.3, -0.25) is 28.7 Å². The molecule has 210 valence electrons. The van der Waals surface area contributed by atoms with E-state index in [9.17, 15) is 19.8 Å². The lowest BCUT2D eigenvalue weighted by molar-refractivity contribution is -0.0500. The summed E-state index contributed by atoms with van der Waals surface area (Å²) in [6.45, 7) is -0.503. The molecule has 0 radical (unpaired) electrons. The number of aliphatic hydroxyl groups is 4. The first kappa shape index (κ1) is 26.5. The summed E-state index contributed by atoms with van der Waals surface area (Å²) in [4.78, 5) is 43.9. The zero-order chi connectivity index (χ0) is 28.0. The van der Waals surface area contributed by atoms with E-state index in [-0.39, 0.29) is 59.0 Å². The number of hydrogen-bond acceptors (Lipinski definition) is 15. The minimum Gasteiger partial charge on any atom is -0.394 e. The van der Waals surface area contributed by atoms with Crippen LogP contribution in [0.25, 0.3) is 22.3 Å². The highest BCUT2D eigenvalue weighted by molar-refractivity contribution is 5.74. The third-order valence-electron chi connectivity index (χ3n) is 6.42. The molecule has 2 aliphatic heterocycles. The Morgan fingerprint density at radius 2 is 1.56 bits per heavy atom. The number of aromatic amines is 2. The number of rotatable bonds is 4. The average Bonchev–Trinajstić information content (AvgIpc) is 3.66. The molecule has 0 unspecified atom stereocenters. The number of ether oxygens (including phenoxy) is 2. The van der Waals surface area contributed by atoms with Crippen LogP contribution in [0.3, 0.4) is 0 Å². The van der Waals surface area contributed by atoms with Crippen molar-refractivity contribution < 1.29 is 29.9 Å². The first-order valence-corrected chi connectivity index (χ1v) is 11.8. The molecule has 0 aromatic carbocycles. The molecule has 0 bridgehead atoms. The largest absolute Gasteiger partial charge is 0.394 e. The topological polar surface area (TPSA) is 305 Å². The summed E-state index contributed by atoms with van der Waals surface area (Å²) in [5.74, 6) is -0.241. The maximum atomic E-state index is 11.7. The number of fused-ring (bicyclic) bond motifs is 2. The fourth-order valence-electron chi connectivity index (χ4n) is 4.54. The zero-order valence-corrected chi connectivity index (χ0v) is 20.2. The Balaban J connectivity index is 0.000000160. The maximum Gasteiger partial charge on any atom is 0.280 e. The van der Waals surface area contributed by atoms with Crippen LogP contribution in [0.4, 0.5) is 17.8 Å². The van der Waals surface area contributed by atoms with Gasteiger partial charge in [-0.1, -0.05) is 0 Å². The molecule has 12 N–H and O–H groups in total. The van der Waals surface area contributed by atoms with Crippen molar-refractivity contribution in [3.8, 4) is 0 Å². The maximum absolute atomic E-state index is 11.7. The number of nitrogens with two attached hydrogens (primary N) is 3. The predicted molar refractivity (Wildman–Crippen MR) is 133 cm³/mol. The fourth-order valence-corrected chi connectivity index (χ4v) is 4.54. The van der Waals surface area contributed by atoms with Crippen molar-refractivity contribution in [2.75, 3.05) is 30.4 Å². The lowest BCUT2D eigenvalue weighted by Gasteiger charge is -2.17. The number of nitrogens with zero attached hydrogens (tertiary/aromatic N) is 6. The standard InChI is InChI=1S/C10H14N6O5.C10H13N5O3/c11-9-14-6-3(7(20)15-9)13-10(12)16(6)8-5(19)4(18)2(1-17)21-8;11-10-13-8-7(9(17)14-10)12-4-15(8)6-2-1-5(3-16)18-6/h2,4-5,8,17-19H,1H2,(H2,12,13)(H3,11,14,15,20);4-6,16H,1-3H2,(H3,11,13,14,17)/t2-,4-,5-,8-;5-,6+/m10/s1. The Bertz CT molecular complexity index is 1610. The minimum atomic E-state index is -1.37. The summed E-state index contributed by atoms with van der Waals surface area (Å²) in [5, 5.41) is 37.9. The summed E-state index contributed by atoms with van der Waals surface area (Å²) in [6.07, 6.45) is -2.23. The van der Waals surface area contributed by atoms with Gasteiger partial charge >= 0.3 is 0 Å². The lowest BCUT2D eigenvalue weighted by Crippen LogP contribution is -2.33. The molecule has 0 saturated carbocycles. The molecule has 6 rings (SSSR count). The van der Waals surface area contributed by atoms with Crippen molar-refractivity contribution in [3.63, 3.8) is 0 Å². The Kier molecular flexibility index (Phi) is 6.92. The number of hydrogen-bond donors (Lipinski definition) is 9. The minimum absolute atomic E-state index is 0.0146. The van der Waals surface area contributed by atoms with Crippen LogP contribution in [-0.4, -0.2) is 97.1 Å². The SMILES string of the molecule is Nc1nc2c(nc(N)n2[C@@H]2O[C@H](CO)[C@@H](O)[C@H]2O)c(=O)[nH]1.Nc1nc2c(ncn2[C@H]2CC[C@@H](CO)O2)c(=O)[nH]1. The normalized spacial score (nSPS) is 26.8. The van der Waals surface area contributed by atoms with E-state index in [1.165, 1.54) is 6.33 Å². The van der Waals surface area contributed by atoms with Gasteiger partial charge in [-0.05, 0) is 12.8 Å². The van der Waals surface area contributed by atoms with Crippen LogP contribution in [0.15, 0.2) is 15.9 Å². The Hall–Kier alpha value is -4.14. The highest BCUT2D eigenvalue weighted by Crippen LogP contribution is 2.33. The second-order valence-corrected chi connectivity index (χ2v) is 8.94. The van der Waals surface area contributed by atoms with Gasteiger partial charge in [0.25, 0.3) is 11.1 Å². The van der Waals surface area contributed by atoms with Gasteiger partial charge in [-0.15, -0.1) is 0 Å². The molecule has 2 fully saturated rings. The van der Waals surface area contributed by atoms with Gasteiger partial charge in [0.15, 0.2) is 28.6 Å².